The number of methoxy groups -OCH3 is 1. The van der Waals surface area contributed by atoms with Crippen LogP contribution in [0.25, 0.3) is 16.7 Å². The Morgan fingerprint density at radius 3 is 2.39 bits per heavy atom. The molecule has 0 aliphatic carbocycles. The van der Waals surface area contributed by atoms with E-state index < -0.39 is 5.97 Å². The van der Waals surface area contributed by atoms with Gasteiger partial charge in [0.2, 0.25) is 0 Å². The van der Waals surface area contributed by atoms with Crippen molar-refractivity contribution in [3.8, 4) is 5.69 Å². The highest BCUT2D eigenvalue weighted by Crippen LogP contribution is 2.36. The quantitative estimate of drug-likeness (QED) is 0.478. The number of carboxylic acids is 1. The number of piperidine rings is 1. The summed E-state index contributed by atoms with van der Waals surface area (Å²) in [5.74, 6) is -1.32. The molecule has 0 radical (unpaired) electrons. The zero-order valence-electron chi connectivity index (χ0n) is 22.4. The predicted octanol–water partition coefficient (Wildman–Crippen LogP) is 3.61. The lowest BCUT2D eigenvalue weighted by atomic mass is 9.99. The summed E-state index contributed by atoms with van der Waals surface area (Å²) in [5.41, 5.74) is 2.85. The highest BCUT2D eigenvalue weighted by molar-refractivity contribution is 5.98. The number of hydrogen-bond donors (Lipinski definition) is 1. The summed E-state index contributed by atoms with van der Waals surface area (Å²) in [5, 5.41) is 15.6. The van der Waals surface area contributed by atoms with Gasteiger partial charge in [0.25, 0.3) is 0 Å². The number of carboxylic acid groups (broad SMARTS) is 1. The Hall–Kier alpha value is -3.08. The van der Waals surface area contributed by atoms with Gasteiger partial charge in [-0.3, -0.25) is 9.80 Å². The van der Waals surface area contributed by atoms with Crippen LogP contribution in [-0.2, 0) is 4.74 Å². The number of piperazine rings is 1. The van der Waals surface area contributed by atoms with E-state index >= 15 is 0 Å². The van der Waals surface area contributed by atoms with E-state index in [1.165, 1.54) is 12.1 Å². The lowest BCUT2D eigenvalue weighted by molar-refractivity contribution is 0.0671. The number of hydrogen-bond acceptors (Lipinski definition) is 7. The van der Waals surface area contributed by atoms with Gasteiger partial charge in [-0.2, -0.15) is 5.10 Å². The molecule has 2 aliphatic heterocycles. The Kier molecular flexibility index (Phi) is 7.92. The standard InChI is InChI=1S/C28H37FN6O3/c1-19(2)26-25-24(34-10-8-21(9-11-34)33-14-12-32(13-15-33)16-17-38-3)18-23(28(36)37)30-27(25)35(31-26)22-6-4-20(29)5-7-22/h4-7,18-19,21H,8-17H2,1-3H3,(H,36,37). The number of anilines is 1. The Morgan fingerprint density at radius 1 is 1.11 bits per heavy atom. The normalized spacial score (nSPS) is 18.1. The van der Waals surface area contributed by atoms with E-state index in [0.717, 1.165) is 82.0 Å². The fraction of sp³-hybridized carbons (Fsp3) is 0.536. The van der Waals surface area contributed by atoms with Crippen LogP contribution in [0.3, 0.4) is 0 Å². The van der Waals surface area contributed by atoms with Crippen LogP contribution in [0.5, 0.6) is 0 Å². The molecule has 5 rings (SSSR count). The molecule has 0 bridgehead atoms. The van der Waals surface area contributed by atoms with E-state index in [2.05, 4.69) is 33.5 Å². The first kappa shape index (κ1) is 26.5. The van der Waals surface area contributed by atoms with E-state index in [0.29, 0.717) is 17.4 Å². The zero-order valence-corrected chi connectivity index (χ0v) is 22.4. The summed E-state index contributed by atoms with van der Waals surface area (Å²) in [4.78, 5) is 24.0. The number of nitrogens with zero attached hydrogens (tertiary/aromatic N) is 6. The van der Waals surface area contributed by atoms with Crippen molar-refractivity contribution in [2.45, 2.75) is 38.6 Å². The number of fused-ring (bicyclic) bond motifs is 1. The molecule has 0 unspecified atom stereocenters. The summed E-state index contributed by atoms with van der Waals surface area (Å²) in [7, 11) is 1.75. The molecule has 38 heavy (non-hydrogen) atoms. The third-order valence-electron chi connectivity index (χ3n) is 7.82. The average Bonchev–Trinajstić information content (AvgIpc) is 3.32. The van der Waals surface area contributed by atoms with Gasteiger partial charge in [0, 0.05) is 59.0 Å². The molecule has 10 heteroatoms. The van der Waals surface area contributed by atoms with E-state index in [1.807, 2.05) is 0 Å². The fourth-order valence-corrected chi connectivity index (χ4v) is 5.69. The second-order valence-corrected chi connectivity index (χ2v) is 10.5. The highest BCUT2D eigenvalue weighted by atomic mass is 19.1. The number of pyridine rings is 1. The van der Waals surface area contributed by atoms with Gasteiger partial charge in [0.15, 0.2) is 11.3 Å². The molecule has 9 nitrogen and oxygen atoms in total. The number of ether oxygens (including phenoxy) is 1. The van der Waals surface area contributed by atoms with E-state index in [4.69, 9.17) is 9.84 Å². The van der Waals surface area contributed by atoms with Crippen molar-refractivity contribution in [3.05, 3.63) is 47.5 Å². The van der Waals surface area contributed by atoms with Crippen LogP contribution in [0.15, 0.2) is 30.3 Å². The molecule has 2 saturated heterocycles. The number of rotatable bonds is 8. The predicted molar refractivity (Wildman–Crippen MR) is 145 cm³/mol. The lowest BCUT2D eigenvalue weighted by Gasteiger charge is -2.43. The molecule has 3 aromatic rings. The molecule has 0 amide bonds. The Labute approximate surface area is 222 Å². The first-order valence-electron chi connectivity index (χ1n) is 13.5. The van der Waals surface area contributed by atoms with Gasteiger partial charge in [-0.25, -0.2) is 18.9 Å². The van der Waals surface area contributed by atoms with Crippen LogP contribution in [0.2, 0.25) is 0 Å². The molecule has 0 atom stereocenters. The zero-order chi connectivity index (χ0) is 26.8. The maximum Gasteiger partial charge on any atom is 0.354 e. The van der Waals surface area contributed by atoms with Crippen molar-refractivity contribution in [2.75, 3.05) is 64.4 Å². The van der Waals surface area contributed by atoms with Crippen molar-refractivity contribution in [3.63, 3.8) is 0 Å². The molecule has 1 aromatic carbocycles. The number of aromatic nitrogens is 3. The second kappa shape index (κ2) is 11.3. The van der Waals surface area contributed by atoms with Crippen LogP contribution >= 0.6 is 0 Å². The molecule has 2 fully saturated rings. The van der Waals surface area contributed by atoms with Gasteiger partial charge < -0.3 is 14.7 Å². The summed E-state index contributed by atoms with van der Waals surface area (Å²) in [6, 6.07) is 8.26. The summed E-state index contributed by atoms with van der Waals surface area (Å²) in [6.07, 6.45) is 2.04. The van der Waals surface area contributed by atoms with Crippen LogP contribution < -0.4 is 4.90 Å². The van der Waals surface area contributed by atoms with Crippen LogP contribution in [0.4, 0.5) is 10.1 Å². The summed E-state index contributed by atoms with van der Waals surface area (Å²) >= 11 is 0. The van der Waals surface area contributed by atoms with E-state index in [1.54, 1.807) is 30.0 Å². The molecular formula is C28H37FN6O3. The maximum absolute atomic E-state index is 13.6. The molecule has 2 aromatic heterocycles. The Morgan fingerprint density at radius 2 is 1.79 bits per heavy atom. The SMILES string of the molecule is COCCN1CCN(C2CCN(c3cc(C(=O)O)nc4c3c(C(C)C)nn4-c3ccc(F)cc3)CC2)CC1. The van der Waals surface area contributed by atoms with Crippen molar-refractivity contribution >= 4 is 22.7 Å². The Balaban J connectivity index is 1.42. The van der Waals surface area contributed by atoms with Gasteiger partial charge in [-0.15, -0.1) is 0 Å². The van der Waals surface area contributed by atoms with E-state index in [9.17, 15) is 14.3 Å². The first-order valence-corrected chi connectivity index (χ1v) is 13.5. The number of carbonyl (C=O) groups is 1. The topological polar surface area (TPSA) is 87.0 Å². The molecular weight excluding hydrogens is 487 g/mol. The Bertz CT molecular complexity index is 1260. The monoisotopic (exact) mass is 524 g/mol. The third-order valence-corrected chi connectivity index (χ3v) is 7.82. The minimum absolute atomic E-state index is 0.0135. The molecule has 4 heterocycles. The third kappa shape index (κ3) is 5.39. The van der Waals surface area contributed by atoms with Gasteiger partial charge in [0.05, 0.1) is 29.1 Å². The first-order chi connectivity index (χ1) is 18.4. The molecule has 2 aliphatic rings. The fourth-order valence-electron chi connectivity index (χ4n) is 5.69. The number of benzene rings is 1. The second-order valence-electron chi connectivity index (χ2n) is 10.5. The van der Waals surface area contributed by atoms with Gasteiger partial charge in [0.1, 0.15) is 5.82 Å². The maximum atomic E-state index is 13.6. The molecule has 204 valence electrons. The van der Waals surface area contributed by atoms with Crippen molar-refractivity contribution < 1.29 is 19.0 Å². The van der Waals surface area contributed by atoms with E-state index in [-0.39, 0.29) is 17.4 Å². The highest BCUT2D eigenvalue weighted by Gasteiger charge is 2.30. The molecule has 0 spiro atoms. The largest absolute Gasteiger partial charge is 0.477 e. The summed E-state index contributed by atoms with van der Waals surface area (Å²) < 4.78 is 20.5. The van der Waals surface area contributed by atoms with Crippen LogP contribution in [-0.4, -0.2) is 101 Å². The molecule has 1 N–H and O–H groups in total. The molecule has 0 saturated carbocycles. The smallest absolute Gasteiger partial charge is 0.354 e. The minimum atomic E-state index is -1.08. The van der Waals surface area contributed by atoms with Gasteiger partial charge in [-0.05, 0) is 49.1 Å². The summed E-state index contributed by atoms with van der Waals surface area (Å²) in [6.45, 7) is 11.8. The van der Waals surface area contributed by atoms with Crippen molar-refractivity contribution in [1.29, 1.82) is 0 Å². The van der Waals surface area contributed by atoms with Crippen molar-refractivity contribution in [2.24, 2.45) is 0 Å². The van der Waals surface area contributed by atoms with Gasteiger partial charge >= 0.3 is 5.97 Å². The lowest BCUT2D eigenvalue weighted by Crippen LogP contribution is -2.53. The minimum Gasteiger partial charge on any atom is -0.477 e. The average molecular weight is 525 g/mol. The van der Waals surface area contributed by atoms with Crippen LogP contribution in [0.1, 0.15) is 48.8 Å². The number of halogens is 1. The van der Waals surface area contributed by atoms with Crippen molar-refractivity contribution in [1.82, 2.24) is 24.6 Å². The van der Waals surface area contributed by atoms with Gasteiger partial charge in [-0.1, -0.05) is 13.8 Å². The van der Waals surface area contributed by atoms with Crippen LogP contribution in [0, 0.1) is 5.82 Å². The number of aromatic carboxylic acids is 1.